The molecule has 1 saturated carbocycles. The van der Waals surface area contributed by atoms with E-state index in [4.69, 9.17) is 4.52 Å². The molecule has 0 aromatic carbocycles. The van der Waals surface area contributed by atoms with Crippen molar-refractivity contribution in [3.63, 3.8) is 0 Å². The molecule has 0 radical (unpaired) electrons. The highest BCUT2D eigenvalue weighted by Gasteiger charge is 2.37. The molecule has 8 heteroatoms. The van der Waals surface area contributed by atoms with Gasteiger partial charge < -0.3 is 9.42 Å². The van der Waals surface area contributed by atoms with Crippen LogP contribution in [-0.4, -0.2) is 38.7 Å². The van der Waals surface area contributed by atoms with Crippen LogP contribution in [0.1, 0.15) is 59.8 Å². The van der Waals surface area contributed by atoms with E-state index in [1.54, 1.807) is 11.8 Å². The Morgan fingerprint density at radius 3 is 3.00 bits per heavy atom. The van der Waals surface area contributed by atoms with Crippen LogP contribution in [-0.2, 0) is 0 Å². The minimum absolute atomic E-state index is 0.0368. The quantitative estimate of drug-likeness (QED) is 0.799. The second-order valence-electron chi connectivity index (χ2n) is 5.62. The topological polar surface area (TPSA) is 72.1 Å². The van der Waals surface area contributed by atoms with Gasteiger partial charge in [-0.05, 0) is 31.9 Å². The summed E-state index contributed by atoms with van der Waals surface area (Å²) in [5.74, 6) is 1.80. The Morgan fingerprint density at radius 2 is 2.27 bits per heavy atom. The highest BCUT2D eigenvalue weighted by Crippen LogP contribution is 2.40. The number of amides is 1. The van der Waals surface area contributed by atoms with Crippen LogP contribution in [0.4, 0.5) is 0 Å². The van der Waals surface area contributed by atoms with E-state index >= 15 is 0 Å². The third kappa shape index (κ3) is 2.54. The highest BCUT2D eigenvalue weighted by molar-refractivity contribution is 8.00. The monoisotopic (exact) mass is 336 g/mol. The number of nitrogens with zero attached hydrogens (tertiary/aromatic N) is 4. The van der Waals surface area contributed by atoms with Crippen LogP contribution in [0, 0.1) is 0 Å². The van der Waals surface area contributed by atoms with Crippen LogP contribution in [0.15, 0.2) is 14.2 Å². The number of hydrogen-bond acceptors (Lipinski definition) is 7. The largest absolute Gasteiger partial charge is 0.337 e. The molecule has 2 fully saturated rings. The van der Waals surface area contributed by atoms with Crippen LogP contribution in [0.2, 0.25) is 0 Å². The third-order valence-electron chi connectivity index (χ3n) is 4.08. The van der Waals surface area contributed by atoms with Gasteiger partial charge >= 0.3 is 0 Å². The minimum Gasteiger partial charge on any atom is -0.337 e. The van der Waals surface area contributed by atoms with E-state index in [9.17, 15) is 4.79 Å². The van der Waals surface area contributed by atoms with Gasteiger partial charge in [0.25, 0.3) is 5.91 Å². The van der Waals surface area contributed by atoms with E-state index in [-0.39, 0.29) is 11.9 Å². The molecule has 116 valence electrons. The zero-order valence-electron chi connectivity index (χ0n) is 12.2. The molecule has 0 spiro atoms. The summed E-state index contributed by atoms with van der Waals surface area (Å²) in [5.41, 5.74) is 0.517. The molecule has 2 aromatic rings. The first kappa shape index (κ1) is 14.2. The Bertz CT molecular complexity index is 695. The van der Waals surface area contributed by atoms with Crippen molar-refractivity contribution >= 4 is 29.0 Å². The molecule has 6 nitrogen and oxygen atoms in total. The van der Waals surface area contributed by atoms with Gasteiger partial charge in [0.1, 0.15) is 16.1 Å². The van der Waals surface area contributed by atoms with E-state index in [0.29, 0.717) is 17.5 Å². The lowest BCUT2D eigenvalue weighted by Crippen LogP contribution is -2.31. The molecule has 1 aliphatic carbocycles. The lowest BCUT2D eigenvalue weighted by atomic mass is 10.2. The molecule has 0 unspecified atom stereocenters. The maximum Gasteiger partial charge on any atom is 0.274 e. The summed E-state index contributed by atoms with van der Waals surface area (Å²) in [6.07, 6.45) is 6.07. The van der Waals surface area contributed by atoms with Crippen molar-refractivity contribution in [3.8, 4) is 0 Å². The molecule has 1 amide bonds. The van der Waals surface area contributed by atoms with Crippen LogP contribution in [0.3, 0.4) is 0 Å². The molecule has 1 saturated heterocycles. The zero-order chi connectivity index (χ0) is 15.1. The molecule has 4 rings (SSSR count). The van der Waals surface area contributed by atoms with E-state index < -0.39 is 0 Å². The van der Waals surface area contributed by atoms with E-state index in [0.717, 1.165) is 42.4 Å². The number of thiazole rings is 1. The van der Waals surface area contributed by atoms with E-state index in [1.165, 1.54) is 11.3 Å². The Morgan fingerprint density at radius 1 is 1.41 bits per heavy atom. The standard InChI is InChI=1S/C14H16N4O2S2/c1-21-14-15-9(7-22-14)13(19)18-6-2-3-10(18)12-16-11(17-20-12)8-4-5-8/h7-8,10H,2-6H2,1H3/t10-/m0/s1. The summed E-state index contributed by atoms with van der Waals surface area (Å²) in [5, 5.41) is 5.89. The summed E-state index contributed by atoms with van der Waals surface area (Å²) in [6, 6.07) is -0.105. The van der Waals surface area contributed by atoms with Crippen molar-refractivity contribution in [2.24, 2.45) is 0 Å². The molecule has 1 atom stereocenters. The zero-order valence-corrected chi connectivity index (χ0v) is 13.8. The Balaban J connectivity index is 1.55. The van der Waals surface area contributed by atoms with Crippen molar-refractivity contribution in [2.45, 2.75) is 42.0 Å². The number of aromatic nitrogens is 3. The average molecular weight is 336 g/mol. The normalized spacial score (nSPS) is 21.5. The number of carbonyl (C=O) groups excluding carboxylic acids is 1. The maximum absolute atomic E-state index is 12.7. The minimum atomic E-state index is -0.105. The summed E-state index contributed by atoms with van der Waals surface area (Å²) in [7, 11) is 0. The third-order valence-corrected chi connectivity index (χ3v) is 5.94. The summed E-state index contributed by atoms with van der Waals surface area (Å²) >= 11 is 3.06. The fourth-order valence-electron chi connectivity index (χ4n) is 2.75. The fourth-order valence-corrected chi connectivity index (χ4v) is 3.99. The molecule has 2 aromatic heterocycles. The van der Waals surface area contributed by atoms with Gasteiger partial charge in [0.15, 0.2) is 5.82 Å². The summed E-state index contributed by atoms with van der Waals surface area (Å²) < 4.78 is 6.33. The molecule has 2 aliphatic rings. The van der Waals surface area contributed by atoms with E-state index in [2.05, 4.69) is 15.1 Å². The van der Waals surface area contributed by atoms with Crippen molar-refractivity contribution in [2.75, 3.05) is 12.8 Å². The Labute approximate surface area is 136 Å². The fraction of sp³-hybridized carbons (Fsp3) is 0.571. The van der Waals surface area contributed by atoms with Gasteiger partial charge in [0.05, 0.1) is 0 Å². The number of hydrogen-bond donors (Lipinski definition) is 0. The molecule has 22 heavy (non-hydrogen) atoms. The Kier molecular flexibility index (Phi) is 3.65. The van der Waals surface area contributed by atoms with Crippen molar-refractivity contribution in [1.29, 1.82) is 0 Å². The van der Waals surface area contributed by atoms with Crippen molar-refractivity contribution in [1.82, 2.24) is 20.0 Å². The summed E-state index contributed by atoms with van der Waals surface area (Å²) in [4.78, 5) is 23.4. The second kappa shape index (κ2) is 5.66. The van der Waals surface area contributed by atoms with Gasteiger partial charge in [-0.1, -0.05) is 16.9 Å². The molecule has 0 N–H and O–H groups in total. The first-order chi connectivity index (χ1) is 10.8. The average Bonchev–Trinajstić information content (AvgIpc) is 3.02. The molecule has 3 heterocycles. The Hall–Kier alpha value is -1.41. The molecular formula is C14H16N4O2S2. The smallest absolute Gasteiger partial charge is 0.274 e. The summed E-state index contributed by atoms with van der Waals surface area (Å²) in [6.45, 7) is 0.719. The van der Waals surface area contributed by atoms with Gasteiger partial charge in [0.2, 0.25) is 5.89 Å². The lowest BCUT2D eigenvalue weighted by Gasteiger charge is -2.20. The number of likely N-dealkylation sites (tertiary alicyclic amines) is 1. The molecule has 1 aliphatic heterocycles. The van der Waals surface area contributed by atoms with Gasteiger partial charge in [-0.3, -0.25) is 4.79 Å². The maximum atomic E-state index is 12.7. The first-order valence-electron chi connectivity index (χ1n) is 7.40. The van der Waals surface area contributed by atoms with Crippen LogP contribution in [0.25, 0.3) is 0 Å². The molecule has 0 bridgehead atoms. The second-order valence-corrected chi connectivity index (χ2v) is 7.54. The number of carbonyl (C=O) groups is 1. The van der Waals surface area contributed by atoms with Gasteiger partial charge in [-0.25, -0.2) is 4.98 Å². The van der Waals surface area contributed by atoms with Gasteiger partial charge in [-0.2, -0.15) is 4.98 Å². The van der Waals surface area contributed by atoms with Crippen molar-refractivity contribution in [3.05, 3.63) is 22.8 Å². The first-order valence-corrected chi connectivity index (χ1v) is 9.50. The van der Waals surface area contributed by atoms with Crippen LogP contribution >= 0.6 is 23.1 Å². The van der Waals surface area contributed by atoms with Crippen LogP contribution in [0.5, 0.6) is 0 Å². The SMILES string of the molecule is CSc1nc(C(=O)N2CCC[C@H]2c2nc(C3CC3)no2)cs1. The van der Waals surface area contributed by atoms with Crippen molar-refractivity contribution < 1.29 is 9.32 Å². The van der Waals surface area contributed by atoms with Gasteiger partial charge in [-0.15, -0.1) is 11.3 Å². The lowest BCUT2D eigenvalue weighted by molar-refractivity contribution is 0.0704. The highest BCUT2D eigenvalue weighted by atomic mass is 32.2. The van der Waals surface area contributed by atoms with Gasteiger partial charge in [0, 0.05) is 17.8 Å². The van der Waals surface area contributed by atoms with Crippen LogP contribution < -0.4 is 0 Å². The van der Waals surface area contributed by atoms with E-state index in [1.807, 2.05) is 16.5 Å². The predicted octanol–water partition coefficient (Wildman–Crippen LogP) is 3.10. The predicted molar refractivity (Wildman–Crippen MR) is 83.2 cm³/mol. The number of thioether (sulfide) groups is 1. The number of rotatable bonds is 4. The molecular weight excluding hydrogens is 320 g/mol.